The van der Waals surface area contributed by atoms with E-state index in [1.165, 1.54) is 0 Å². The Bertz CT molecular complexity index is 471. The van der Waals surface area contributed by atoms with E-state index in [9.17, 15) is 0 Å². The topological polar surface area (TPSA) is 44.2 Å². The van der Waals surface area contributed by atoms with Crippen molar-refractivity contribution in [1.82, 2.24) is 7.96 Å². The molecule has 0 amide bonds. The Morgan fingerprint density at radius 2 is 1.33 bits per heavy atom. The van der Waals surface area contributed by atoms with Gasteiger partial charge in [0.2, 0.25) is 0 Å². The molecule has 2 rings (SSSR count). The fourth-order valence-corrected chi connectivity index (χ4v) is 4.19. The second-order valence-electron chi connectivity index (χ2n) is 2.66. The zero-order valence-corrected chi connectivity index (χ0v) is 12.8. The first-order valence-corrected chi connectivity index (χ1v) is 7.03. The van der Waals surface area contributed by atoms with E-state index in [0.717, 1.165) is 20.0 Å². The number of hydrogen-bond acceptors (Lipinski definition) is 4. The van der Waals surface area contributed by atoms with E-state index in [1.54, 1.807) is 14.2 Å². The van der Waals surface area contributed by atoms with Crippen LogP contribution in [0.3, 0.4) is 0 Å². The monoisotopic (exact) mass is 400 g/mol. The van der Waals surface area contributed by atoms with Crippen molar-refractivity contribution in [3.8, 4) is 11.5 Å². The van der Waals surface area contributed by atoms with Crippen LogP contribution in [0.1, 0.15) is 0 Å². The molecule has 0 unspecified atom stereocenters. The Hall–Kier alpha value is -0.101. The summed E-state index contributed by atoms with van der Waals surface area (Å²) in [6.07, 6.45) is 0. The van der Waals surface area contributed by atoms with Gasteiger partial charge in [-0.25, -0.2) is 0 Å². The van der Waals surface area contributed by atoms with Crippen molar-refractivity contribution in [2.75, 3.05) is 14.2 Å². The van der Waals surface area contributed by atoms with Gasteiger partial charge < -0.3 is 0 Å². The molecule has 15 heavy (non-hydrogen) atoms. The van der Waals surface area contributed by atoms with Crippen molar-refractivity contribution in [3.63, 3.8) is 0 Å². The first-order chi connectivity index (χ1) is 7.20. The van der Waals surface area contributed by atoms with Crippen LogP contribution in [-0.2, 0) is 0 Å². The number of fused-ring (bicyclic) bond motifs is 1. The van der Waals surface area contributed by atoms with Gasteiger partial charge in [-0.1, -0.05) is 0 Å². The normalized spacial score (nSPS) is 10.7. The molecule has 0 bridgehead atoms. The molecular weight excluding hydrogens is 395 g/mol. The molecule has 1 aromatic heterocycles. The first kappa shape index (κ1) is 11.4. The van der Waals surface area contributed by atoms with Gasteiger partial charge in [0.1, 0.15) is 0 Å². The Kier molecular flexibility index (Phi) is 3.35. The van der Waals surface area contributed by atoms with Crippen molar-refractivity contribution in [2.45, 2.75) is 0 Å². The molecule has 0 aliphatic heterocycles. The van der Waals surface area contributed by atoms with Gasteiger partial charge in [-0.3, -0.25) is 0 Å². The summed E-state index contributed by atoms with van der Waals surface area (Å²) in [5.41, 5.74) is 1.67. The summed E-state index contributed by atoms with van der Waals surface area (Å²) in [6.45, 7) is 0. The predicted octanol–water partition coefficient (Wildman–Crippen LogP) is 2.23. The van der Waals surface area contributed by atoms with Gasteiger partial charge in [0.05, 0.1) is 0 Å². The van der Waals surface area contributed by atoms with Gasteiger partial charge >= 0.3 is 110 Å². The fraction of sp³-hybridized carbons (Fsp3) is 0.250. The quantitative estimate of drug-likeness (QED) is 0.725. The summed E-state index contributed by atoms with van der Waals surface area (Å²) in [5, 5.41) is 0. The van der Waals surface area contributed by atoms with E-state index in [4.69, 9.17) is 9.47 Å². The van der Waals surface area contributed by atoms with Crippen molar-refractivity contribution in [3.05, 3.63) is 8.95 Å². The number of rotatable bonds is 2. The molecule has 0 aliphatic carbocycles. The molecule has 1 aromatic carbocycles. The second-order valence-corrected chi connectivity index (χ2v) is 5.35. The molecule has 0 atom stereocenters. The molecule has 0 saturated heterocycles. The van der Waals surface area contributed by atoms with Gasteiger partial charge in [0.15, 0.2) is 0 Å². The predicted molar refractivity (Wildman–Crippen MR) is 65.0 cm³/mol. The minimum absolute atomic E-state index is 0.0786. The van der Waals surface area contributed by atoms with Crippen LogP contribution in [0.2, 0.25) is 0 Å². The van der Waals surface area contributed by atoms with E-state index in [-0.39, 0.29) is 15.0 Å². The summed E-state index contributed by atoms with van der Waals surface area (Å²) in [7, 11) is 3.19. The van der Waals surface area contributed by atoms with Crippen molar-refractivity contribution >= 4 is 57.9 Å². The van der Waals surface area contributed by atoms with Gasteiger partial charge in [0.25, 0.3) is 0 Å². The third-order valence-electron chi connectivity index (χ3n) is 1.92. The number of benzene rings is 1. The van der Waals surface area contributed by atoms with E-state index in [0.29, 0.717) is 11.5 Å². The van der Waals surface area contributed by atoms with Gasteiger partial charge in [-0.2, -0.15) is 0 Å². The molecule has 0 radical (unpaired) electrons. The summed E-state index contributed by atoms with van der Waals surface area (Å²) in [6, 6.07) is 0. The zero-order valence-electron chi connectivity index (χ0n) is 7.88. The first-order valence-electron chi connectivity index (χ1n) is 3.92. The number of hydrogen-bond donors (Lipinski definition) is 0. The van der Waals surface area contributed by atoms with Gasteiger partial charge in [-0.15, -0.1) is 0 Å². The number of halogens is 2. The van der Waals surface area contributed by atoms with E-state index >= 15 is 0 Å². The zero-order chi connectivity index (χ0) is 11.0. The second kappa shape index (κ2) is 4.41. The Morgan fingerprint density at radius 1 is 0.933 bits per heavy atom. The standard InChI is InChI=1S/C8H6Br2N2O2Se/c1-13-7-3(9)5-6(12-15-11-5)4(10)8(7)14-2/h1-2H3. The molecule has 0 spiro atoms. The van der Waals surface area contributed by atoms with Crippen LogP contribution in [0.15, 0.2) is 8.95 Å². The van der Waals surface area contributed by atoms with Crippen molar-refractivity contribution < 1.29 is 9.47 Å². The number of methoxy groups -OCH3 is 2. The molecular formula is C8H6Br2N2O2Se. The number of ether oxygens (including phenoxy) is 2. The van der Waals surface area contributed by atoms with E-state index in [1.807, 2.05) is 0 Å². The van der Waals surface area contributed by atoms with Gasteiger partial charge in [0, 0.05) is 0 Å². The maximum atomic E-state index is 5.28. The van der Waals surface area contributed by atoms with Crippen LogP contribution < -0.4 is 9.47 Å². The molecule has 4 nitrogen and oxygen atoms in total. The Labute approximate surface area is 109 Å². The van der Waals surface area contributed by atoms with E-state index < -0.39 is 0 Å². The molecule has 0 saturated carbocycles. The van der Waals surface area contributed by atoms with Crippen LogP contribution in [-0.4, -0.2) is 37.1 Å². The maximum absolute atomic E-state index is 5.28. The third kappa shape index (κ3) is 1.71. The van der Waals surface area contributed by atoms with Crippen LogP contribution in [0.5, 0.6) is 11.5 Å². The molecule has 80 valence electrons. The van der Waals surface area contributed by atoms with Crippen LogP contribution in [0, 0.1) is 0 Å². The molecule has 2 aromatic rings. The molecule has 0 N–H and O–H groups in total. The molecule has 0 fully saturated rings. The van der Waals surface area contributed by atoms with Crippen LogP contribution in [0.4, 0.5) is 0 Å². The summed E-state index contributed by atoms with van der Waals surface area (Å²) in [5.74, 6) is 1.28. The molecule has 0 aliphatic rings. The average Bonchev–Trinajstić information content (AvgIpc) is 2.72. The van der Waals surface area contributed by atoms with Gasteiger partial charge in [-0.05, 0) is 0 Å². The van der Waals surface area contributed by atoms with E-state index in [2.05, 4.69) is 39.8 Å². The fourth-order valence-electron chi connectivity index (χ4n) is 1.26. The summed E-state index contributed by atoms with van der Waals surface area (Å²) >= 11 is 6.82. The SMILES string of the molecule is COc1c(OC)c(Br)c2n[se]nc2c1Br. The average molecular weight is 401 g/mol. The van der Waals surface area contributed by atoms with Crippen LogP contribution >= 0.6 is 31.9 Å². The summed E-state index contributed by atoms with van der Waals surface area (Å²) in [4.78, 5) is 0. The Morgan fingerprint density at radius 3 is 1.67 bits per heavy atom. The Balaban J connectivity index is 2.90. The summed E-state index contributed by atoms with van der Waals surface area (Å²) < 4.78 is 20.8. The minimum atomic E-state index is -0.0786. The number of aromatic nitrogens is 2. The van der Waals surface area contributed by atoms with Crippen molar-refractivity contribution in [2.24, 2.45) is 0 Å². The molecule has 7 heteroatoms. The molecule has 1 heterocycles. The third-order valence-corrected chi connectivity index (χ3v) is 4.50. The van der Waals surface area contributed by atoms with Crippen LogP contribution in [0.25, 0.3) is 11.0 Å². The van der Waals surface area contributed by atoms with Crippen molar-refractivity contribution in [1.29, 1.82) is 0 Å². The number of nitrogens with zero attached hydrogens (tertiary/aromatic N) is 2.